The number of hydrogen-bond donors (Lipinski definition) is 2. The quantitative estimate of drug-likeness (QED) is 0.838. The molecule has 0 saturated heterocycles. The first kappa shape index (κ1) is 17.1. The molecule has 1 unspecified atom stereocenters. The lowest BCUT2D eigenvalue weighted by Gasteiger charge is -2.21. The molecule has 1 rings (SSSR count). The summed E-state index contributed by atoms with van der Waals surface area (Å²) >= 11 is 1.89. The first-order valence-electron chi connectivity index (χ1n) is 7.13. The molecule has 1 aromatic rings. The third-order valence-corrected chi connectivity index (χ3v) is 4.34. The minimum atomic E-state index is -0.0533. The van der Waals surface area contributed by atoms with E-state index in [1.165, 1.54) is 0 Å². The number of nitrogens with one attached hydrogen (secondary N) is 2. The van der Waals surface area contributed by atoms with Gasteiger partial charge in [-0.3, -0.25) is 0 Å². The summed E-state index contributed by atoms with van der Waals surface area (Å²) in [7, 11) is 1.90. The number of thioether (sulfide) groups is 1. The van der Waals surface area contributed by atoms with Crippen molar-refractivity contribution in [3.63, 3.8) is 0 Å². The number of rotatable bonds is 6. The molecule has 0 aliphatic carbocycles. The fourth-order valence-electron chi connectivity index (χ4n) is 1.78. The number of aromatic nitrogens is 2. The zero-order valence-corrected chi connectivity index (χ0v) is 14.6. The fourth-order valence-corrected chi connectivity index (χ4v) is 2.13. The Labute approximate surface area is 127 Å². The predicted octanol–water partition coefficient (Wildman–Crippen LogP) is 3.68. The highest BCUT2D eigenvalue weighted by Crippen LogP contribution is 2.26. The molecule has 0 aromatic carbocycles. The van der Waals surface area contributed by atoms with Crippen molar-refractivity contribution in [1.82, 2.24) is 9.97 Å². The minimum absolute atomic E-state index is 0.0533. The van der Waals surface area contributed by atoms with Gasteiger partial charge in [0.25, 0.3) is 0 Å². The van der Waals surface area contributed by atoms with Crippen LogP contribution in [0.3, 0.4) is 0 Å². The summed E-state index contributed by atoms with van der Waals surface area (Å²) in [4.78, 5) is 9.32. The summed E-state index contributed by atoms with van der Waals surface area (Å²) in [6.45, 7) is 11.6. The molecule has 20 heavy (non-hydrogen) atoms. The summed E-state index contributed by atoms with van der Waals surface area (Å²) in [6.07, 6.45) is 3.28. The maximum atomic E-state index is 4.71. The van der Waals surface area contributed by atoms with Crippen molar-refractivity contribution >= 4 is 23.4 Å². The van der Waals surface area contributed by atoms with Gasteiger partial charge >= 0.3 is 0 Å². The van der Waals surface area contributed by atoms with Crippen LogP contribution in [0.25, 0.3) is 0 Å². The van der Waals surface area contributed by atoms with Crippen LogP contribution in [-0.2, 0) is 5.41 Å². The van der Waals surface area contributed by atoms with Gasteiger partial charge in [0, 0.05) is 29.8 Å². The van der Waals surface area contributed by atoms with Crippen LogP contribution in [0.15, 0.2) is 0 Å². The van der Waals surface area contributed by atoms with Crippen molar-refractivity contribution in [2.75, 3.05) is 30.5 Å². The first-order valence-corrected chi connectivity index (χ1v) is 8.42. The van der Waals surface area contributed by atoms with E-state index in [0.29, 0.717) is 5.25 Å². The van der Waals surface area contributed by atoms with Crippen molar-refractivity contribution in [2.24, 2.45) is 0 Å². The highest BCUT2D eigenvalue weighted by molar-refractivity contribution is 7.99. The molecular weight excluding hydrogens is 268 g/mol. The zero-order valence-electron chi connectivity index (χ0n) is 13.8. The smallest absolute Gasteiger partial charge is 0.138 e. The third-order valence-electron chi connectivity index (χ3n) is 3.30. The molecule has 0 saturated carbocycles. The summed E-state index contributed by atoms with van der Waals surface area (Å²) in [6, 6.07) is 0. The molecule has 2 N–H and O–H groups in total. The molecular formula is C15H28N4S. The van der Waals surface area contributed by atoms with Gasteiger partial charge in [-0.05, 0) is 19.6 Å². The lowest BCUT2D eigenvalue weighted by molar-refractivity contribution is 0.546. The third kappa shape index (κ3) is 4.54. The van der Waals surface area contributed by atoms with Gasteiger partial charge in [0.05, 0.1) is 0 Å². The topological polar surface area (TPSA) is 49.8 Å². The van der Waals surface area contributed by atoms with E-state index in [9.17, 15) is 0 Å². The monoisotopic (exact) mass is 296 g/mol. The van der Waals surface area contributed by atoms with Crippen molar-refractivity contribution in [2.45, 2.75) is 51.7 Å². The Hall–Kier alpha value is -0.970. The summed E-state index contributed by atoms with van der Waals surface area (Å²) in [5.41, 5.74) is 1.03. The normalized spacial score (nSPS) is 13.2. The molecule has 0 amide bonds. The van der Waals surface area contributed by atoms with Gasteiger partial charge in [-0.2, -0.15) is 11.8 Å². The molecule has 1 aromatic heterocycles. The average molecular weight is 296 g/mol. The van der Waals surface area contributed by atoms with Crippen molar-refractivity contribution < 1.29 is 0 Å². The van der Waals surface area contributed by atoms with Crippen LogP contribution in [0.1, 0.15) is 45.5 Å². The van der Waals surface area contributed by atoms with Gasteiger partial charge in [0.2, 0.25) is 0 Å². The van der Waals surface area contributed by atoms with Crippen LogP contribution in [-0.4, -0.2) is 35.1 Å². The van der Waals surface area contributed by atoms with Gasteiger partial charge in [-0.1, -0.05) is 27.7 Å². The Morgan fingerprint density at radius 3 is 2.30 bits per heavy atom. The average Bonchev–Trinajstić information content (AvgIpc) is 2.39. The molecule has 0 fully saturated rings. The van der Waals surface area contributed by atoms with Gasteiger partial charge in [0.15, 0.2) is 0 Å². The predicted molar refractivity (Wildman–Crippen MR) is 91.1 cm³/mol. The maximum absolute atomic E-state index is 4.71. The Morgan fingerprint density at radius 2 is 1.80 bits per heavy atom. The molecule has 1 atom stereocenters. The van der Waals surface area contributed by atoms with Crippen molar-refractivity contribution in [1.29, 1.82) is 0 Å². The largest absolute Gasteiger partial charge is 0.373 e. The molecule has 0 spiro atoms. The van der Waals surface area contributed by atoms with Crippen LogP contribution in [0.4, 0.5) is 11.6 Å². The van der Waals surface area contributed by atoms with E-state index in [2.05, 4.69) is 56.5 Å². The number of anilines is 2. The number of hydrogen-bond acceptors (Lipinski definition) is 5. The van der Waals surface area contributed by atoms with Crippen LogP contribution >= 0.6 is 11.8 Å². The van der Waals surface area contributed by atoms with E-state index in [1.54, 1.807) is 0 Å². The SMILES string of the molecule is CNc1nc(C(C)(C)C)nc(NCCC(C)SC)c1C. The molecule has 0 radical (unpaired) electrons. The van der Waals surface area contributed by atoms with E-state index in [-0.39, 0.29) is 5.41 Å². The fraction of sp³-hybridized carbons (Fsp3) is 0.733. The summed E-state index contributed by atoms with van der Waals surface area (Å²) in [5.74, 6) is 2.72. The van der Waals surface area contributed by atoms with Crippen LogP contribution < -0.4 is 10.6 Å². The standard InChI is InChI=1S/C15H28N4S/c1-10(20-7)8-9-17-13-11(2)12(16-6)18-14(19-13)15(3,4)5/h10H,8-9H2,1-7H3,(H2,16,17,18,19). The highest BCUT2D eigenvalue weighted by Gasteiger charge is 2.20. The van der Waals surface area contributed by atoms with Gasteiger partial charge in [-0.15, -0.1) is 0 Å². The Balaban J connectivity index is 2.94. The van der Waals surface area contributed by atoms with E-state index < -0.39 is 0 Å². The van der Waals surface area contributed by atoms with Crippen LogP contribution in [0.5, 0.6) is 0 Å². The molecule has 114 valence electrons. The molecule has 0 aliphatic heterocycles. The molecule has 0 bridgehead atoms. The summed E-state index contributed by atoms with van der Waals surface area (Å²) < 4.78 is 0. The first-order chi connectivity index (χ1) is 9.29. The van der Waals surface area contributed by atoms with Crippen LogP contribution in [0.2, 0.25) is 0 Å². The number of nitrogens with zero attached hydrogens (tertiary/aromatic N) is 2. The van der Waals surface area contributed by atoms with Crippen molar-refractivity contribution in [3.05, 3.63) is 11.4 Å². The molecule has 4 nitrogen and oxygen atoms in total. The van der Waals surface area contributed by atoms with E-state index in [4.69, 9.17) is 4.98 Å². The second-order valence-electron chi connectivity index (χ2n) is 6.13. The van der Waals surface area contributed by atoms with Crippen molar-refractivity contribution in [3.8, 4) is 0 Å². The second kappa shape index (κ2) is 7.16. The Kier molecular flexibility index (Phi) is 6.11. The van der Waals surface area contributed by atoms with Crippen LogP contribution in [0, 0.1) is 6.92 Å². The van der Waals surface area contributed by atoms with Gasteiger partial charge in [-0.25, -0.2) is 9.97 Å². The van der Waals surface area contributed by atoms with E-state index in [0.717, 1.165) is 36.0 Å². The summed E-state index contributed by atoms with van der Waals surface area (Å²) in [5, 5.41) is 7.29. The second-order valence-corrected chi connectivity index (χ2v) is 7.41. The minimum Gasteiger partial charge on any atom is -0.373 e. The van der Waals surface area contributed by atoms with Gasteiger partial charge < -0.3 is 10.6 Å². The lowest BCUT2D eigenvalue weighted by atomic mass is 9.95. The maximum Gasteiger partial charge on any atom is 0.138 e. The molecule has 1 heterocycles. The van der Waals surface area contributed by atoms with Gasteiger partial charge in [0.1, 0.15) is 17.5 Å². The molecule has 0 aliphatic rings. The Morgan fingerprint density at radius 1 is 1.20 bits per heavy atom. The lowest BCUT2D eigenvalue weighted by Crippen LogP contribution is -2.20. The Bertz CT molecular complexity index is 440. The van der Waals surface area contributed by atoms with E-state index >= 15 is 0 Å². The van der Waals surface area contributed by atoms with E-state index in [1.807, 2.05) is 18.8 Å². The zero-order chi connectivity index (χ0) is 15.3. The molecule has 5 heteroatoms. The highest BCUT2D eigenvalue weighted by atomic mass is 32.2.